The van der Waals surface area contributed by atoms with Crippen LogP contribution in [-0.4, -0.2) is 12.6 Å². The summed E-state index contributed by atoms with van der Waals surface area (Å²) in [5.41, 5.74) is 1.12. The number of carbonyl (C=O) groups is 1. The maximum atomic E-state index is 11.6. The van der Waals surface area contributed by atoms with Crippen molar-refractivity contribution >= 4 is 6.03 Å². The molecule has 17 heavy (non-hydrogen) atoms. The Kier molecular flexibility index (Phi) is 5.53. The maximum absolute atomic E-state index is 11.6. The molecule has 0 aliphatic carbocycles. The second-order valence-electron chi connectivity index (χ2n) is 4.72. The van der Waals surface area contributed by atoms with Crippen LogP contribution in [0.15, 0.2) is 30.3 Å². The van der Waals surface area contributed by atoms with Crippen LogP contribution in [0.5, 0.6) is 0 Å². The number of carbonyl (C=O) groups excluding carboxylic acids is 1. The van der Waals surface area contributed by atoms with Crippen LogP contribution < -0.4 is 10.6 Å². The summed E-state index contributed by atoms with van der Waals surface area (Å²) in [6, 6.07) is 9.89. The van der Waals surface area contributed by atoms with E-state index in [2.05, 4.69) is 24.5 Å². The lowest BCUT2D eigenvalue weighted by atomic mass is 10.1. The minimum absolute atomic E-state index is 0.0373. The number of hydrogen-bond donors (Lipinski definition) is 2. The number of hydrogen-bond acceptors (Lipinski definition) is 1. The Balaban J connectivity index is 2.31. The smallest absolute Gasteiger partial charge is 0.315 e. The van der Waals surface area contributed by atoms with Crippen LogP contribution in [-0.2, 0) is 0 Å². The van der Waals surface area contributed by atoms with Crippen LogP contribution in [0.4, 0.5) is 4.79 Å². The first-order valence-electron chi connectivity index (χ1n) is 6.19. The number of nitrogens with one attached hydrogen (secondary N) is 2. The maximum Gasteiger partial charge on any atom is 0.315 e. The fourth-order valence-corrected chi connectivity index (χ4v) is 1.55. The summed E-state index contributed by atoms with van der Waals surface area (Å²) in [5.74, 6) is 0.613. The minimum atomic E-state index is -0.0954. The molecule has 2 N–H and O–H groups in total. The molecule has 0 saturated heterocycles. The highest BCUT2D eigenvalue weighted by Crippen LogP contribution is 2.10. The predicted molar refractivity (Wildman–Crippen MR) is 70.8 cm³/mol. The fourth-order valence-electron chi connectivity index (χ4n) is 1.55. The molecule has 0 aliphatic rings. The van der Waals surface area contributed by atoms with Crippen molar-refractivity contribution in [3.8, 4) is 0 Å². The molecule has 1 aromatic rings. The highest BCUT2D eigenvalue weighted by atomic mass is 16.2. The van der Waals surface area contributed by atoms with Crippen molar-refractivity contribution in [2.75, 3.05) is 6.54 Å². The van der Waals surface area contributed by atoms with Gasteiger partial charge in [0.25, 0.3) is 0 Å². The zero-order valence-electron chi connectivity index (χ0n) is 10.9. The van der Waals surface area contributed by atoms with Crippen LogP contribution in [0.1, 0.15) is 38.8 Å². The fraction of sp³-hybridized carbons (Fsp3) is 0.500. The standard InChI is InChI=1S/C14H22N2O/c1-11(2)9-10-15-14(17)16-12(3)13-7-5-4-6-8-13/h4-8,11-12H,9-10H2,1-3H3,(H2,15,16,17). The Bertz CT molecular complexity index is 335. The minimum Gasteiger partial charge on any atom is -0.338 e. The summed E-state index contributed by atoms with van der Waals surface area (Å²) in [6.07, 6.45) is 1.01. The van der Waals surface area contributed by atoms with E-state index in [1.54, 1.807) is 0 Å². The second-order valence-corrected chi connectivity index (χ2v) is 4.72. The van der Waals surface area contributed by atoms with Crippen LogP contribution in [0.3, 0.4) is 0 Å². The highest BCUT2D eigenvalue weighted by molar-refractivity contribution is 5.74. The molecule has 0 fully saturated rings. The first-order valence-corrected chi connectivity index (χ1v) is 6.19. The van der Waals surface area contributed by atoms with Gasteiger partial charge >= 0.3 is 6.03 Å². The Morgan fingerprint density at radius 2 is 1.82 bits per heavy atom. The third-order valence-electron chi connectivity index (χ3n) is 2.65. The van der Waals surface area contributed by atoms with Gasteiger partial charge in [0.15, 0.2) is 0 Å². The van der Waals surface area contributed by atoms with E-state index in [1.807, 2.05) is 37.3 Å². The molecule has 0 bridgehead atoms. The van der Waals surface area contributed by atoms with Crippen molar-refractivity contribution in [1.82, 2.24) is 10.6 Å². The van der Waals surface area contributed by atoms with Gasteiger partial charge in [0.1, 0.15) is 0 Å². The second kappa shape index (κ2) is 6.94. The van der Waals surface area contributed by atoms with E-state index in [1.165, 1.54) is 0 Å². The molecule has 1 rings (SSSR count). The lowest BCUT2D eigenvalue weighted by Crippen LogP contribution is -2.37. The molecule has 0 radical (unpaired) electrons. The van der Waals surface area contributed by atoms with Crippen molar-refractivity contribution < 1.29 is 4.79 Å². The summed E-state index contributed by atoms with van der Waals surface area (Å²) in [4.78, 5) is 11.6. The van der Waals surface area contributed by atoms with Gasteiger partial charge in [0.2, 0.25) is 0 Å². The van der Waals surface area contributed by atoms with E-state index in [0.717, 1.165) is 18.5 Å². The van der Waals surface area contributed by atoms with Gasteiger partial charge in [-0.25, -0.2) is 4.79 Å². The van der Waals surface area contributed by atoms with Crippen LogP contribution in [0.25, 0.3) is 0 Å². The molecule has 3 nitrogen and oxygen atoms in total. The van der Waals surface area contributed by atoms with Gasteiger partial charge in [-0.05, 0) is 24.8 Å². The molecule has 0 heterocycles. The molecule has 94 valence electrons. The average molecular weight is 234 g/mol. The third kappa shape index (κ3) is 5.38. The molecule has 1 aromatic carbocycles. The first-order chi connectivity index (χ1) is 8.09. The number of benzene rings is 1. The molecular weight excluding hydrogens is 212 g/mol. The lowest BCUT2D eigenvalue weighted by molar-refractivity contribution is 0.237. The molecular formula is C14H22N2O. The molecule has 0 aromatic heterocycles. The third-order valence-corrected chi connectivity index (χ3v) is 2.65. The molecule has 2 amide bonds. The summed E-state index contributed by atoms with van der Waals surface area (Å²) < 4.78 is 0. The number of rotatable bonds is 5. The number of urea groups is 1. The normalized spacial score (nSPS) is 12.2. The van der Waals surface area contributed by atoms with Crippen LogP contribution >= 0.6 is 0 Å². The predicted octanol–water partition coefficient (Wildman–Crippen LogP) is 3.09. The van der Waals surface area contributed by atoms with Crippen molar-refractivity contribution in [2.24, 2.45) is 5.92 Å². The summed E-state index contributed by atoms with van der Waals surface area (Å²) in [6.45, 7) is 7.00. The van der Waals surface area contributed by atoms with Crippen LogP contribution in [0.2, 0.25) is 0 Å². The molecule has 3 heteroatoms. The van der Waals surface area contributed by atoms with E-state index in [9.17, 15) is 4.79 Å². The zero-order chi connectivity index (χ0) is 12.7. The van der Waals surface area contributed by atoms with Gasteiger partial charge < -0.3 is 10.6 Å². The van der Waals surface area contributed by atoms with Gasteiger partial charge in [-0.2, -0.15) is 0 Å². The van der Waals surface area contributed by atoms with Crippen molar-refractivity contribution in [2.45, 2.75) is 33.2 Å². The Labute approximate surface area is 104 Å². The van der Waals surface area contributed by atoms with Crippen molar-refractivity contribution in [3.05, 3.63) is 35.9 Å². The van der Waals surface area contributed by atoms with E-state index in [0.29, 0.717) is 5.92 Å². The first kappa shape index (κ1) is 13.6. The molecule has 0 saturated carbocycles. The summed E-state index contributed by atoms with van der Waals surface area (Å²) >= 11 is 0. The van der Waals surface area contributed by atoms with E-state index in [-0.39, 0.29) is 12.1 Å². The lowest BCUT2D eigenvalue weighted by Gasteiger charge is -2.15. The van der Waals surface area contributed by atoms with Gasteiger partial charge in [0, 0.05) is 6.54 Å². The van der Waals surface area contributed by atoms with Crippen LogP contribution in [0, 0.1) is 5.92 Å². The Morgan fingerprint density at radius 1 is 1.18 bits per heavy atom. The zero-order valence-corrected chi connectivity index (χ0v) is 10.9. The SMILES string of the molecule is CC(C)CCNC(=O)NC(C)c1ccccc1. The molecule has 1 atom stereocenters. The highest BCUT2D eigenvalue weighted by Gasteiger charge is 2.08. The molecule has 0 aliphatic heterocycles. The van der Waals surface area contributed by atoms with Crippen molar-refractivity contribution in [3.63, 3.8) is 0 Å². The van der Waals surface area contributed by atoms with Gasteiger partial charge in [-0.1, -0.05) is 44.2 Å². The Hall–Kier alpha value is -1.51. The quantitative estimate of drug-likeness (QED) is 0.807. The van der Waals surface area contributed by atoms with E-state index >= 15 is 0 Å². The average Bonchev–Trinajstić information content (AvgIpc) is 2.29. The number of amides is 2. The Morgan fingerprint density at radius 3 is 2.41 bits per heavy atom. The topological polar surface area (TPSA) is 41.1 Å². The summed E-state index contributed by atoms with van der Waals surface area (Å²) in [5, 5.41) is 5.78. The van der Waals surface area contributed by atoms with Gasteiger partial charge in [0.05, 0.1) is 6.04 Å². The monoisotopic (exact) mass is 234 g/mol. The largest absolute Gasteiger partial charge is 0.338 e. The van der Waals surface area contributed by atoms with E-state index in [4.69, 9.17) is 0 Å². The van der Waals surface area contributed by atoms with Crippen molar-refractivity contribution in [1.29, 1.82) is 0 Å². The van der Waals surface area contributed by atoms with Gasteiger partial charge in [-0.15, -0.1) is 0 Å². The molecule has 0 spiro atoms. The molecule has 1 unspecified atom stereocenters. The van der Waals surface area contributed by atoms with E-state index < -0.39 is 0 Å². The summed E-state index contributed by atoms with van der Waals surface area (Å²) in [7, 11) is 0. The van der Waals surface area contributed by atoms with Gasteiger partial charge in [-0.3, -0.25) is 0 Å².